The van der Waals surface area contributed by atoms with Crippen molar-refractivity contribution in [3.63, 3.8) is 0 Å². The van der Waals surface area contributed by atoms with Gasteiger partial charge in [-0.2, -0.15) is 26.3 Å². The molecular formula is C29H30F6N2O8. The monoisotopic (exact) mass is 648 g/mol. The second-order valence-electron chi connectivity index (χ2n) is 10.0. The lowest BCUT2D eigenvalue weighted by Crippen LogP contribution is -2.29. The number of carbonyl (C=O) groups is 4. The molecule has 2 heterocycles. The molecule has 0 bridgehead atoms. The third-order valence-electron chi connectivity index (χ3n) is 7.11. The predicted molar refractivity (Wildman–Crippen MR) is 145 cm³/mol. The molecule has 2 aromatic carbocycles. The van der Waals surface area contributed by atoms with Gasteiger partial charge >= 0.3 is 24.3 Å². The van der Waals surface area contributed by atoms with Gasteiger partial charge in [0, 0.05) is 26.2 Å². The second kappa shape index (κ2) is 14.1. The number of ether oxygens (including phenoxy) is 3. The first-order valence-electron chi connectivity index (χ1n) is 13.5. The van der Waals surface area contributed by atoms with Gasteiger partial charge in [0.1, 0.15) is 11.5 Å². The van der Waals surface area contributed by atoms with Gasteiger partial charge in [-0.1, -0.05) is 0 Å². The smallest absolute Gasteiger partial charge is 0.420 e. The van der Waals surface area contributed by atoms with Crippen LogP contribution in [0, 0.1) is 0 Å². The molecule has 2 aliphatic rings. The Hall–Kier alpha value is -4.50. The van der Waals surface area contributed by atoms with Crippen LogP contribution >= 0.6 is 0 Å². The maximum Gasteiger partial charge on any atom is 0.420 e. The van der Waals surface area contributed by atoms with Crippen LogP contribution in [0.4, 0.5) is 26.3 Å². The SMILES string of the molecule is COC(=O)c1cc(C(=O)N2CCCC2)c(OC)c(C(F)(F)F)c1.COc1c(C(=O)N2CCCC2)cc(C(=O)O)cc1C(F)(F)F. The van der Waals surface area contributed by atoms with E-state index in [1.54, 1.807) is 0 Å². The van der Waals surface area contributed by atoms with Gasteiger partial charge in [0.2, 0.25) is 0 Å². The number of carboxylic acids is 1. The summed E-state index contributed by atoms with van der Waals surface area (Å²) in [6.07, 6.45) is -6.49. The number of alkyl halides is 6. The number of aromatic carboxylic acids is 1. The van der Waals surface area contributed by atoms with E-state index in [4.69, 9.17) is 14.6 Å². The standard InChI is InChI=1S/C15H16F3NO4.C14H14F3NO4/c1-22-12-10(13(20)19-5-3-4-6-19)7-9(14(21)23-2)8-11(12)15(16,17)18;1-22-11-9(12(19)18-4-2-3-5-18)6-8(13(20)21)7-10(11)14(15,16)17/h7-8H,3-6H2,1-2H3;6-7H,2-5H2,1H3,(H,20,21). The van der Waals surface area contributed by atoms with Crippen molar-refractivity contribution >= 4 is 23.8 Å². The van der Waals surface area contributed by atoms with Crippen LogP contribution in [0.15, 0.2) is 24.3 Å². The minimum absolute atomic E-state index is 0.287. The van der Waals surface area contributed by atoms with Crippen molar-refractivity contribution in [3.05, 3.63) is 57.6 Å². The molecule has 2 fully saturated rings. The van der Waals surface area contributed by atoms with Gasteiger partial charge in [0.15, 0.2) is 0 Å². The van der Waals surface area contributed by atoms with Crippen molar-refractivity contribution in [2.24, 2.45) is 0 Å². The largest absolute Gasteiger partial charge is 0.495 e. The lowest BCUT2D eigenvalue weighted by molar-refractivity contribution is -0.139. The Kier molecular flexibility index (Phi) is 10.9. The highest BCUT2D eigenvalue weighted by atomic mass is 19.4. The fourth-order valence-electron chi connectivity index (χ4n) is 4.98. The molecule has 0 aliphatic carbocycles. The van der Waals surface area contributed by atoms with E-state index in [1.165, 1.54) is 9.80 Å². The second-order valence-corrected chi connectivity index (χ2v) is 10.0. The number of esters is 1. The molecule has 2 saturated heterocycles. The van der Waals surface area contributed by atoms with Crippen molar-refractivity contribution in [2.45, 2.75) is 38.0 Å². The first-order chi connectivity index (χ1) is 21.0. The van der Waals surface area contributed by atoms with Crippen LogP contribution in [0.5, 0.6) is 11.5 Å². The molecule has 0 atom stereocenters. The Balaban J connectivity index is 0.000000246. The highest BCUT2D eigenvalue weighted by molar-refractivity contribution is 6.01. The zero-order valence-electron chi connectivity index (χ0n) is 24.4. The summed E-state index contributed by atoms with van der Waals surface area (Å²) in [4.78, 5) is 50.4. The number of methoxy groups -OCH3 is 3. The molecule has 45 heavy (non-hydrogen) atoms. The Morgan fingerprint density at radius 1 is 0.644 bits per heavy atom. The van der Waals surface area contributed by atoms with E-state index < -0.39 is 64.3 Å². The van der Waals surface area contributed by atoms with Gasteiger partial charge in [0.05, 0.1) is 54.7 Å². The number of carboxylic acid groups (broad SMARTS) is 1. The van der Waals surface area contributed by atoms with E-state index >= 15 is 0 Å². The molecule has 0 saturated carbocycles. The Bertz CT molecular complexity index is 1450. The number of hydrogen-bond acceptors (Lipinski definition) is 7. The third kappa shape index (κ3) is 7.97. The first kappa shape index (κ1) is 35.0. The molecule has 16 heteroatoms. The number of halogens is 6. The summed E-state index contributed by atoms with van der Waals surface area (Å²) in [7, 11) is 3.14. The number of benzene rings is 2. The van der Waals surface area contributed by atoms with Crippen molar-refractivity contribution in [1.82, 2.24) is 9.80 Å². The topological polar surface area (TPSA) is 123 Å². The zero-order chi connectivity index (χ0) is 33.7. The fraction of sp³-hybridized carbons (Fsp3) is 0.448. The summed E-state index contributed by atoms with van der Waals surface area (Å²) < 4.78 is 93.1. The zero-order valence-corrected chi connectivity index (χ0v) is 24.4. The van der Waals surface area contributed by atoms with Crippen LogP contribution in [0.2, 0.25) is 0 Å². The van der Waals surface area contributed by atoms with Crippen LogP contribution in [0.1, 0.15) is 78.2 Å². The summed E-state index contributed by atoms with van der Waals surface area (Å²) in [6, 6.07) is 3.12. The van der Waals surface area contributed by atoms with Crippen LogP contribution in [-0.4, -0.2) is 86.2 Å². The van der Waals surface area contributed by atoms with E-state index in [0.29, 0.717) is 38.3 Å². The first-order valence-corrected chi connectivity index (χ1v) is 13.5. The maximum atomic E-state index is 13.2. The van der Waals surface area contributed by atoms with Crippen molar-refractivity contribution in [1.29, 1.82) is 0 Å². The summed E-state index contributed by atoms with van der Waals surface area (Å²) in [6.45, 7) is 1.79. The van der Waals surface area contributed by atoms with Gasteiger partial charge in [-0.15, -0.1) is 0 Å². The molecular weight excluding hydrogens is 618 g/mol. The molecule has 2 aromatic rings. The normalized spacial score (nSPS) is 14.9. The lowest BCUT2D eigenvalue weighted by atomic mass is 10.0. The Morgan fingerprint density at radius 2 is 1.00 bits per heavy atom. The molecule has 2 amide bonds. The molecule has 0 spiro atoms. The highest BCUT2D eigenvalue weighted by Crippen LogP contribution is 2.41. The summed E-state index contributed by atoms with van der Waals surface area (Å²) in [5, 5.41) is 8.98. The summed E-state index contributed by atoms with van der Waals surface area (Å²) >= 11 is 0. The third-order valence-corrected chi connectivity index (χ3v) is 7.11. The van der Waals surface area contributed by atoms with Gasteiger partial charge in [-0.3, -0.25) is 9.59 Å². The summed E-state index contributed by atoms with van der Waals surface area (Å²) in [5.41, 5.74) is -4.05. The molecule has 0 aromatic heterocycles. The Morgan fingerprint density at radius 3 is 1.31 bits per heavy atom. The number of rotatable bonds is 6. The van der Waals surface area contributed by atoms with Crippen molar-refractivity contribution in [3.8, 4) is 11.5 Å². The van der Waals surface area contributed by atoms with E-state index in [0.717, 1.165) is 59.1 Å². The minimum atomic E-state index is -4.82. The molecule has 10 nitrogen and oxygen atoms in total. The number of hydrogen-bond donors (Lipinski definition) is 1. The molecule has 1 N–H and O–H groups in total. The van der Waals surface area contributed by atoms with E-state index in [2.05, 4.69) is 4.74 Å². The fourth-order valence-corrected chi connectivity index (χ4v) is 4.98. The maximum absolute atomic E-state index is 13.2. The average molecular weight is 649 g/mol. The van der Waals surface area contributed by atoms with Crippen molar-refractivity contribution in [2.75, 3.05) is 47.5 Å². The van der Waals surface area contributed by atoms with Crippen LogP contribution in [0.3, 0.4) is 0 Å². The van der Waals surface area contributed by atoms with Gasteiger partial charge in [-0.25, -0.2) is 9.59 Å². The van der Waals surface area contributed by atoms with Gasteiger partial charge in [0.25, 0.3) is 11.8 Å². The van der Waals surface area contributed by atoms with Crippen LogP contribution in [-0.2, 0) is 17.1 Å². The average Bonchev–Trinajstić information content (AvgIpc) is 3.73. The van der Waals surface area contributed by atoms with Gasteiger partial charge in [-0.05, 0) is 49.9 Å². The molecule has 0 unspecified atom stereocenters. The van der Waals surface area contributed by atoms with E-state index in [9.17, 15) is 45.5 Å². The van der Waals surface area contributed by atoms with Crippen molar-refractivity contribution < 1.29 is 64.8 Å². The minimum Gasteiger partial charge on any atom is -0.495 e. The Labute approximate surface area is 253 Å². The van der Waals surface area contributed by atoms with Crippen LogP contribution in [0.25, 0.3) is 0 Å². The molecule has 2 aliphatic heterocycles. The van der Waals surface area contributed by atoms with Crippen LogP contribution < -0.4 is 9.47 Å². The van der Waals surface area contributed by atoms with Gasteiger partial charge < -0.3 is 29.1 Å². The molecule has 246 valence electrons. The number of carbonyl (C=O) groups excluding carboxylic acids is 3. The lowest BCUT2D eigenvalue weighted by Gasteiger charge is -2.20. The van der Waals surface area contributed by atoms with E-state index in [-0.39, 0.29) is 16.7 Å². The molecule has 4 rings (SSSR count). The molecule has 0 radical (unpaired) electrons. The quantitative estimate of drug-likeness (QED) is 0.327. The summed E-state index contributed by atoms with van der Waals surface area (Å²) in [5.74, 6) is -4.95. The number of likely N-dealkylation sites (tertiary alicyclic amines) is 2. The predicted octanol–water partition coefficient (Wildman–Crippen LogP) is 5.38. The number of nitrogens with zero attached hydrogens (tertiary/aromatic N) is 2. The highest BCUT2D eigenvalue weighted by Gasteiger charge is 2.40. The number of amides is 2. The van der Waals surface area contributed by atoms with E-state index in [1.807, 2.05) is 0 Å².